The molecule has 74 valence electrons. The van der Waals surface area contributed by atoms with E-state index < -0.39 is 5.97 Å². The first-order valence-corrected chi connectivity index (χ1v) is 4.11. The molecule has 0 heterocycles. The summed E-state index contributed by atoms with van der Waals surface area (Å²) in [6, 6.07) is 0.0209. The van der Waals surface area contributed by atoms with Crippen LogP contribution in [-0.4, -0.2) is 24.8 Å². The first-order chi connectivity index (χ1) is 6.02. The topological polar surface area (TPSA) is 64.7 Å². The number of esters is 1. The van der Waals surface area contributed by atoms with E-state index in [1.54, 1.807) is 13.0 Å². The van der Waals surface area contributed by atoms with E-state index in [0.29, 0.717) is 5.70 Å². The van der Waals surface area contributed by atoms with Gasteiger partial charge in [-0.3, -0.25) is 4.99 Å². The summed E-state index contributed by atoms with van der Waals surface area (Å²) in [6.45, 7) is 5.48. The van der Waals surface area contributed by atoms with Crippen molar-refractivity contribution in [2.75, 3.05) is 7.11 Å². The monoisotopic (exact) mass is 184 g/mol. The molecule has 0 amide bonds. The van der Waals surface area contributed by atoms with Crippen LogP contribution in [-0.2, 0) is 9.53 Å². The van der Waals surface area contributed by atoms with Crippen molar-refractivity contribution in [2.45, 2.75) is 26.8 Å². The fraction of sp³-hybridized carbons (Fsp3) is 0.556. The van der Waals surface area contributed by atoms with Crippen molar-refractivity contribution in [1.82, 2.24) is 0 Å². The Labute approximate surface area is 78.5 Å². The van der Waals surface area contributed by atoms with Crippen LogP contribution < -0.4 is 5.73 Å². The van der Waals surface area contributed by atoms with Gasteiger partial charge in [-0.05, 0) is 20.8 Å². The standard InChI is InChI=1S/C9H16N2O2/c1-5-7(10)8(9(12)13-4)11-6(2)3/h5-6H,10H2,1-4H3/b7-5+,11-8+. The molecule has 0 aliphatic carbocycles. The molecule has 0 aliphatic rings. The first-order valence-electron chi connectivity index (χ1n) is 4.11. The summed E-state index contributed by atoms with van der Waals surface area (Å²) in [5.74, 6) is -0.496. The molecular formula is C9H16N2O2. The quantitative estimate of drug-likeness (QED) is 0.523. The van der Waals surface area contributed by atoms with Crippen LogP contribution in [0.2, 0.25) is 0 Å². The Morgan fingerprint density at radius 3 is 2.38 bits per heavy atom. The van der Waals surface area contributed by atoms with Gasteiger partial charge >= 0.3 is 5.97 Å². The van der Waals surface area contributed by atoms with Crippen LogP contribution in [0.5, 0.6) is 0 Å². The Morgan fingerprint density at radius 1 is 1.54 bits per heavy atom. The molecule has 0 aromatic carbocycles. The number of hydrogen-bond acceptors (Lipinski definition) is 4. The summed E-state index contributed by atoms with van der Waals surface area (Å²) >= 11 is 0. The number of rotatable bonds is 3. The fourth-order valence-corrected chi connectivity index (χ4v) is 0.737. The number of nitrogens with zero attached hydrogens (tertiary/aromatic N) is 1. The molecule has 0 spiro atoms. The second-order valence-electron chi connectivity index (χ2n) is 2.81. The molecule has 2 N–H and O–H groups in total. The van der Waals surface area contributed by atoms with E-state index >= 15 is 0 Å². The van der Waals surface area contributed by atoms with Gasteiger partial charge in [0.05, 0.1) is 12.8 Å². The molecule has 4 heteroatoms. The van der Waals surface area contributed by atoms with Crippen LogP contribution >= 0.6 is 0 Å². The average Bonchev–Trinajstić information content (AvgIpc) is 2.11. The van der Waals surface area contributed by atoms with Crippen LogP contribution in [0.25, 0.3) is 0 Å². The highest BCUT2D eigenvalue weighted by atomic mass is 16.5. The fourth-order valence-electron chi connectivity index (χ4n) is 0.737. The molecule has 0 rings (SSSR count). The summed E-state index contributed by atoms with van der Waals surface area (Å²) in [5.41, 5.74) is 6.11. The van der Waals surface area contributed by atoms with E-state index in [-0.39, 0.29) is 11.8 Å². The van der Waals surface area contributed by atoms with Gasteiger partial charge in [0, 0.05) is 6.04 Å². The molecule has 0 atom stereocenters. The Morgan fingerprint density at radius 2 is 2.08 bits per heavy atom. The lowest BCUT2D eigenvalue weighted by Gasteiger charge is -2.05. The third-order valence-corrected chi connectivity index (χ3v) is 1.35. The number of allylic oxidation sites excluding steroid dienone is 1. The minimum absolute atomic E-state index is 0.0209. The zero-order valence-electron chi connectivity index (χ0n) is 8.50. The van der Waals surface area contributed by atoms with Gasteiger partial charge in [-0.1, -0.05) is 6.08 Å². The number of carbonyl (C=O) groups excluding carboxylic acids is 1. The average molecular weight is 184 g/mol. The Kier molecular flexibility index (Phi) is 4.80. The molecule has 0 saturated heterocycles. The summed E-state index contributed by atoms with van der Waals surface area (Å²) in [4.78, 5) is 15.2. The van der Waals surface area contributed by atoms with Gasteiger partial charge in [0.2, 0.25) is 0 Å². The zero-order valence-corrected chi connectivity index (χ0v) is 8.50. The maximum absolute atomic E-state index is 11.2. The van der Waals surface area contributed by atoms with Crippen LogP contribution in [0.3, 0.4) is 0 Å². The van der Waals surface area contributed by atoms with E-state index in [1.807, 2.05) is 13.8 Å². The normalized spacial score (nSPS) is 13.3. The second kappa shape index (κ2) is 5.35. The molecule has 13 heavy (non-hydrogen) atoms. The zero-order chi connectivity index (χ0) is 10.4. The molecule has 0 fully saturated rings. The summed E-state index contributed by atoms with van der Waals surface area (Å²) in [7, 11) is 1.31. The maximum Gasteiger partial charge on any atom is 0.358 e. The Balaban J connectivity index is 4.87. The largest absolute Gasteiger partial charge is 0.464 e. The summed E-state index contributed by atoms with van der Waals surface area (Å²) < 4.78 is 4.55. The van der Waals surface area contributed by atoms with Gasteiger partial charge < -0.3 is 10.5 Å². The number of methoxy groups -OCH3 is 1. The van der Waals surface area contributed by atoms with Gasteiger partial charge in [-0.15, -0.1) is 0 Å². The number of hydrogen-bond donors (Lipinski definition) is 1. The van der Waals surface area contributed by atoms with Crippen LogP contribution in [0.1, 0.15) is 20.8 Å². The van der Waals surface area contributed by atoms with Crippen LogP contribution in [0.15, 0.2) is 16.8 Å². The van der Waals surface area contributed by atoms with Crippen molar-refractivity contribution in [3.8, 4) is 0 Å². The van der Waals surface area contributed by atoms with Crippen molar-refractivity contribution in [2.24, 2.45) is 10.7 Å². The van der Waals surface area contributed by atoms with Crippen molar-refractivity contribution >= 4 is 11.7 Å². The number of nitrogens with two attached hydrogens (primary N) is 1. The van der Waals surface area contributed by atoms with E-state index in [4.69, 9.17) is 5.73 Å². The third-order valence-electron chi connectivity index (χ3n) is 1.35. The predicted molar refractivity (Wildman–Crippen MR) is 52.5 cm³/mol. The van der Waals surface area contributed by atoms with Gasteiger partial charge in [-0.25, -0.2) is 4.79 Å². The van der Waals surface area contributed by atoms with Crippen LogP contribution in [0.4, 0.5) is 0 Å². The summed E-state index contributed by atoms with van der Waals surface area (Å²) in [6.07, 6.45) is 1.62. The Hall–Kier alpha value is -1.32. The maximum atomic E-state index is 11.2. The van der Waals surface area contributed by atoms with Gasteiger partial charge in [-0.2, -0.15) is 0 Å². The molecule has 0 aromatic heterocycles. The highest BCUT2D eigenvalue weighted by Gasteiger charge is 2.14. The van der Waals surface area contributed by atoms with Crippen molar-refractivity contribution in [3.05, 3.63) is 11.8 Å². The first kappa shape index (κ1) is 11.7. The van der Waals surface area contributed by atoms with E-state index in [9.17, 15) is 4.79 Å². The third kappa shape index (κ3) is 3.73. The lowest BCUT2D eigenvalue weighted by atomic mass is 10.2. The lowest BCUT2D eigenvalue weighted by Crippen LogP contribution is -2.24. The van der Waals surface area contributed by atoms with Crippen molar-refractivity contribution < 1.29 is 9.53 Å². The lowest BCUT2D eigenvalue weighted by molar-refractivity contribution is -0.132. The molecule has 4 nitrogen and oxygen atoms in total. The smallest absolute Gasteiger partial charge is 0.358 e. The number of aliphatic imine (C=N–C) groups is 1. The molecular weight excluding hydrogens is 168 g/mol. The Bertz CT molecular complexity index is 242. The molecule has 0 aromatic rings. The molecule has 0 radical (unpaired) electrons. The highest BCUT2D eigenvalue weighted by molar-refractivity contribution is 6.42. The van der Waals surface area contributed by atoms with Crippen molar-refractivity contribution in [1.29, 1.82) is 0 Å². The van der Waals surface area contributed by atoms with Gasteiger partial charge in [0.1, 0.15) is 0 Å². The van der Waals surface area contributed by atoms with Gasteiger partial charge in [0.25, 0.3) is 0 Å². The molecule has 0 unspecified atom stereocenters. The van der Waals surface area contributed by atoms with E-state index in [1.165, 1.54) is 7.11 Å². The molecule has 0 bridgehead atoms. The number of carbonyl (C=O) groups is 1. The van der Waals surface area contributed by atoms with Crippen LogP contribution in [0, 0.1) is 0 Å². The minimum Gasteiger partial charge on any atom is -0.464 e. The van der Waals surface area contributed by atoms with Crippen molar-refractivity contribution in [3.63, 3.8) is 0 Å². The minimum atomic E-state index is -0.496. The predicted octanol–water partition coefficient (Wildman–Crippen LogP) is 0.871. The van der Waals surface area contributed by atoms with E-state index in [0.717, 1.165) is 0 Å². The molecule has 0 aliphatic heterocycles. The van der Waals surface area contributed by atoms with Gasteiger partial charge in [0.15, 0.2) is 5.71 Å². The highest BCUT2D eigenvalue weighted by Crippen LogP contribution is 1.97. The second-order valence-corrected chi connectivity index (χ2v) is 2.81. The number of ether oxygens (including phenoxy) is 1. The summed E-state index contributed by atoms with van der Waals surface area (Å²) in [5, 5.41) is 0. The van der Waals surface area contributed by atoms with E-state index in [2.05, 4.69) is 9.73 Å². The molecule has 0 saturated carbocycles. The SMILES string of the molecule is C/C=C(N)\C(=N/C(C)C)C(=O)OC.